The van der Waals surface area contributed by atoms with Gasteiger partial charge in [-0.3, -0.25) is 19.6 Å². The van der Waals surface area contributed by atoms with Crippen molar-refractivity contribution in [3.63, 3.8) is 0 Å². The highest BCUT2D eigenvalue weighted by Gasteiger charge is 2.22. The van der Waals surface area contributed by atoms with Crippen LogP contribution in [0.3, 0.4) is 0 Å². The first kappa shape index (κ1) is 23.2. The van der Waals surface area contributed by atoms with Gasteiger partial charge in [0.25, 0.3) is 5.91 Å². The van der Waals surface area contributed by atoms with Crippen LogP contribution in [0.2, 0.25) is 0 Å². The molecule has 32 heavy (non-hydrogen) atoms. The molecule has 7 heteroatoms. The van der Waals surface area contributed by atoms with E-state index in [1.54, 1.807) is 30.7 Å². The van der Waals surface area contributed by atoms with Crippen LogP contribution in [0.1, 0.15) is 72.2 Å². The van der Waals surface area contributed by atoms with Gasteiger partial charge in [-0.25, -0.2) is 0 Å². The number of nitrogens with one attached hydrogen (secondary N) is 1. The smallest absolute Gasteiger partial charge is 0.312 e. The molecule has 168 valence electrons. The number of benzene rings is 2. The van der Waals surface area contributed by atoms with E-state index >= 15 is 0 Å². The zero-order chi connectivity index (χ0) is 23.6. The van der Waals surface area contributed by atoms with Gasteiger partial charge in [0.1, 0.15) is 11.4 Å². The maximum Gasteiger partial charge on any atom is 0.312 e. The Labute approximate surface area is 188 Å². The van der Waals surface area contributed by atoms with Crippen molar-refractivity contribution in [3.8, 4) is 0 Å². The fourth-order valence-electron chi connectivity index (χ4n) is 3.72. The van der Waals surface area contributed by atoms with Gasteiger partial charge in [-0.2, -0.15) is 5.10 Å². The molecule has 0 saturated heterocycles. The second-order valence-corrected chi connectivity index (χ2v) is 9.20. The summed E-state index contributed by atoms with van der Waals surface area (Å²) in [4.78, 5) is 23.7. The van der Waals surface area contributed by atoms with E-state index in [1.807, 2.05) is 19.1 Å². The van der Waals surface area contributed by atoms with E-state index in [-0.39, 0.29) is 23.1 Å². The number of hydrogen-bond donors (Lipinski definition) is 1. The predicted octanol–water partition coefficient (Wildman–Crippen LogP) is 5.24. The summed E-state index contributed by atoms with van der Waals surface area (Å²) >= 11 is 0. The highest BCUT2D eigenvalue weighted by Crippen LogP contribution is 2.25. The highest BCUT2D eigenvalue weighted by atomic mass is 16.6. The Bertz CT molecular complexity index is 1140. The van der Waals surface area contributed by atoms with Gasteiger partial charge >= 0.3 is 5.69 Å². The van der Waals surface area contributed by atoms with E-state index in [2.05, 4.69) is 55.5 Å². The molecule has 7 nitrogen and oxygen atoms in total. The largest absolute Gasteiger partial charge is 0.346 e. The Balaban J connectivity index is 1.73. The van der Waals surface area contributed by atoms with Crippen LogP contribution in [0.5, 0.6) is 0 Å². The van der Waals surface area contributed by atoms with Crippen LogP contribution in [0.15, 0.2) is 48.5 Å². The Morgan fingerprint density at radius 2 is 1.81 bits per heavy atom. The normalized spacial score (nSPS) is 12.4. The monoisotopic (exact) mass is 434 g/mol. The summed E-state index contributed by atoms with van der Waals surface area (Å²) in [6.07, 6.45) is 0. The minimum atomic E-state index is -0.409. The predicted molar refractivity (Wildman–Crippen MR) is 125 cm³/mol. The molecule has 0 bridgehead atoms. The van der Waals surface area contributed by atoms with Crippen LogP contribution in [0, 0.1) is 24.0 Å². The van der Waals surface area contributed by atoms with Crippen molar-refractivity contribution >= 4 is 11.6 Å². The molecular weight excluding hydrogens is 404 g/mol. The molecule has 0 aliphatic carbocycles. The van der Waals surface area contributed by atoms with Crippen LogP contribution in [-0.4, -0.2) is 20.6 Å². The topological polar surface area (TPSA) is 90.1 Å². The number of amides is 1. The number of carbonyl (C=O) groups excluding carboxylic acids is 1. The number of nitro groups is 1. The number of carbonyl (C=O) groups is 1. The lowest BCUT2D eigenvalue weighted by Crippen LogP contribution is -2.26. The summed E-state index contributed by atoms with van der Waals surface area (Å²) in [5, 5.41) is 18.6. The molecule has 1 atom stereocenters. The van der Waals surface area contributed by atoms with Crippen molar-refractivity contribution in [1.82, 2.24) is 15.1 Å². The average Bonchev–Trinajstić information content (AvgIpc) is 3.00. The van der Waals surface area contributed by atoms with E-state index in [4.69, 9.17) is 0 Å². The quantitative estimate of drug-likeness (QED) is 0.424. The summed E-state index contributed by atoms with van der Waals surface area (Å²) in [5.74, 6) is -0.168. The Hall–Kier alpha value is -3.48. The first-order valence-corrected chi connectivity index (χ1v) is 10.7. The van der Waals surface area contributed by atoms with Gasteiger partial charge in [0.05, 0.1) is 17.5 Å². The highest BCUT2D eigenvalue weighted by molar-refractivity contribution is 5.94. The van der Waals surface area contributed by atoms with E-state index in [0.29, 0.717) is 23.5 Å². The molecule has 1 N–H and O–H groups in total. The van der Waals surface area contributed by atoms with Gasteiger partial charge in [-0.1, -0.05) is 57.2 Å². The molecule has 0 aliphatic rings. The summed E-state index contributed by atoms with van der Waals surface area (Å²) < 4.78 is 1.60. The lowest BCUT2D eigenvalue weighted by molar-refractivity contribution is -0.386. The number of hydrogen-bond acceptors (Lipinski definition) is 4. The SMILES string of the molecule is Cc1nn(Cc2cccc(C(=O)N[C@@H](C)c3ccc(C(C)(C)C)cc3)c2)c(C)c1[N+](=O)[O-]. The average molecular weight is 435 g/mol. The van der Waals surface area contributed by atoms with Crippen LogP contribution in [0.4, 0.5) is 5.69 Å². The lowest BCUT2D eigenvalue weighted by Gasteiger charge is -2.21. The van der Waals surface area contributed by atoms with E-state index in [1.165, 1.54) is 5.56 Å². The van der Waals surface area contributed by atoms with E-state index < -0.39 is 4.92 Å². The molecule has 0 saturated carbocycles. The molecule has 3 aromatic rings. The number of aryl methyl sites for hydroxylation is 1. The number of rotatable bonds is 6. The minimum absolute atomic E-state index is 0.0326. The lowest BCUT2D eigenvalue weighted by atomic mass is 9.86. The van der Waals surface area contributed by atoms with Crippen LogP contribution in [0.25, 0.3) is 0 Å². The minimum Gasteiger partial charge on any atom is -0.346 e. The molecule has 0 spiro atoms. The standard InChI is InChI=1S/C25H30N4O3/c1-16(20-10-12-22(13-11-20)25(4,5)6)26-24(30)21-9-7-8-19(14-21)15-28-18(3)23(29(31)32)17(2)27-28/h7-14,16H,15H2,1-6H3,(H,26,30)/t16-/m0/s1. The molecular formula is C25H30N4O3. The molecule has 0 fully saturated rings. The zero-order valence-corrected chi connectivity index (χ0v) is 19.5. The third kappa shape index (κ3) is 5.04. The molecule has 1 amide bonds. The Morgan fingerprint density at radius 1 is 1.16 bits per heavy atom. The summed E-state index contributed by atoms with van der Waals surface area (Å²) in [7, 11) is 0. The van der Waals surface area contributed by atoms with Crippen molar-refractivity contribution in [2.75, 3.05) is 0 Å². The second-order valence-electron chi connectivity index (χ2n) is 9.20. The molecule has 0 radical (unpaired) electrons. The molecule has 0 unspecified atom stereocenters. The first-order chi connectivity index (χ1) is 15.0. The number of nitrogens with zero attached hydrogens (tertiary/aromatic N) is 3. The molecule has 2 aromatic carbocycles. The summed E-state index contributed by atoms with van der Waals surface area (Å²) in [6, 6.07) is 15.4. The van der Waals surface area contributed by atoms with Crippen molar-refractivity contribution in [1.29, 1.82) is 0 Å². The van der Waals surface area contributed by atoms with Gasteiger partial charge in [0.2, 0.25) is 0 Å². The van der Waals surface area contributed by atoms with Crippen LogP contribution in [-0.2, 0) is 12.0 Å². The van der Waals surface area contributed by atoms with Crippen molar-refractivity contribution in [2.24, 2.45) is 0 Å². The fraction of sp³-hybridized carbons (Fsp3) is 0.360. The van der Waals surface area contributed by atoms with Crippen molar-refractivity contribution in [3.05, 3.63) is 92.3 Å². The van der Waals surface area contributed by atoms with Gasteiger partial charge in [-0.05, 0) is 55.0 Å². The molecule has 0 aliphatic heterocycles. The maximum absolute atomic E-state index is 12.9. The summed E-state index contributed by atoms with van der Waals surface area (Å²) in [5.41, 5.74) is 4.66. The van der Waals surface area contributed by atoms with Crippen LogP contribution < -0.4 is 5.32 Å². The van der Waals surface area contributed by atoms with Crippen molar-refractivity contribution < 1.29 is 9.72 Å². The number of aromatic nitrogens is 2. The van der Waals surface area contributed by atoms with E-state index in [0.717, 1.165) is 11.1 Å². The maximum atomic E-state index is 12.9. The fourth-order valence-corrected chi connectivity index (χ4v) is 3.72. The summed E-state index contributed by atoms with van der Waals surface area (Å²) in [6.45, 7) is 12.1. The van der Waals surface area contributed by atoms with Gasteiger partial charge < -0.3 is 5.32 Å². The molecule has 1 aromatic heterocycles. The van der Waals surface area contributed by atoms with Gasteiger partial charge in [-0.15, -0.1) is 0 Å². The molecule has 3 rings (SSSR count). The Kier molecular flexibility index (Phi) is 6.48. The van der Waals surface area contributed by atoms with Gasteiger partial charge in [0.15, 0.2) is 0 Å². The second kappa shape index (κ2) is 8.94. The van der Waals surface area contributed by atoms with Crippen molar-refractivity contribution in [2.45, 2.75) is 59.5 Å². The van der Waals surface area contributed by atoms with Crippen LogP contribution >= 0.6 is 0 Å². The third-order valence-corrected chi connectivity index (χ3v) is 5.67. The third-order valence-electron chi connectivity index (χ3n) is 5.67. The van der Waals surface area contributed by atoms with Gasteiger partial charge in [0, 0.05) is 5.56 Å². The van der Waals surface area contributed by atoms with E-state index in [9.17, 15) is 14.9 Å². The Morgan fingerprint density at radius 3 is 2.38 bits per heavy atom. The molecule has 1 heterocycles. The zero-order valence-electron chi connectivity index (χ0n) is 19.5. The first-order valence-electron chi connectivity index (χ1n) is 10.7.